The molecule has 8 aliphatic rings. The third kappa shape index (κ3) is 6.26. The number of benzene rings is 1. The molecule has 2 atom stereocenters. The van der Waals surface area contributed by atoms with E-state index in [-0.39, 0.29) is 16.7 Å². The molecule has 5 bridgehead atoms. The summed E-state index contributed by atoms with van der Waals surface area (Å²) in [7, 11) is 0. The van der Waals surface area contributed by atoms with Crippen LogP contribution >= 0.6 is 0 Å². The maximum Gasteiger partial charge on any atom is 0.175 e. The third-order valence-electron chi connectivity index (χ3n) is 14.8. The van der Waals surface area contributed by atoms with Crippen molar-refractivity contribution in [2.45, 2.75) is 131 Å². The summed E-state index contributed by atoms with van der Waals surface area (Å²) in [5.41, 5.74) is 9.57. The normalized spacial score (nSPS) is 33.6. The second-order valence-corrected chi connectivity index (χ2v) is 17.8. The predicted molar refractivity (Wildman–Crippen MR) is 220 cm³/mol. The van der Waals surface area contributed by atoms with Crippen LogP contribution in [0.5, 0.6) is 0 Å². The number of allylic oxidation sites excluding steroid dienone is 5. The Morgan fingerprint density at radius 3 is 2.48 bits per heavy atom. The topological polar surface area (TPSA) is 40.3 Å². The highest BCUT2D eigenvalue weighted by Gasteiger charge is 2.72. The summed E-state index contributed by atoms with van der Waals surface area (Å²) in [6, 6.07) is 2.23. The van der Waals surface area contributed by atoms with Crippen LogP contribution in [0.3, 0.4) is 0 Å². The molecular formula is C47H63FN4. The lowest BCUT2D eigenvalue weighted by Gasteiger charge is -2.61. The van der Waals surface area contributed by atoms with Gasteiger partial charge >= 0.3 is 0 Å². The molecule has 1 aromatic rings. The number of nitrogens with zero attached hydrogens (tertiary/aromatic N) is 4. The molecule has 278 valence electrons. The van der Waals surface area contributed by atoms with Gasteiger partial charge in [-0.05, 0) is 161 Å². The van der Waals surface area contributed by atoms with Gasteiger partial charge in [0.2, 0.25) is 0 Å². The van der Waals surface area contributed by atoms with Crippen molar-refractivity contribution in [2.24, 2.45) is 42.6 Å². The molecule has 4 fully saturated rings. The van der Waals surface area contributed by atoms with Crippen molar-refractivity contribution in [1.82, 2.24) is 4.90 Å². The van der Waals surface area contributed by atoms with Crippen LogP contribution in [0.4, 0.5) is 4.39 Å². The fourth-order valence-corrected chi connectivity index (χ4v) is 11.6. The molecule has 3 aliphatic carbocycles. The Balaban J connectivity index is 1.34. The van der Waals surface area contributed by atoms with Gasteiger partial charge in [0.15, 0.2) is 5.83 Å². The van der Waals surface area contributed by atoms with Crippen LogP contribution in [0.25, 0.3) is 11.8 Å². The van der Waals surface area contributed by atoms with Crippen molar-refractivity contribution in [2.75, 3.05) is 19.6 Å². The second-order valence-electron chi connectivity index (χ2n) is 17.8. The Labute approximate surface area is 314 Å². The monoisotopic (exact) mass is 703 g/mol. The first-order valence-corrected chi connectivity index (χ1v) is 20.5. The number of unbranched alkanes of at least 4 members (excludes halogenated alkanes) is 1. The highest BCUT2D eigenvalue weighted by atomic mass is 19.1. The minimum Gasteiger partial charge on any atom is -0.355 e. The highest BCUT2D eigenvalue weighted by Crippen LogP contribution is 2.81. The standard InChI is InChI=1S/C47H63FN4/c1-9-13-19-46(30-47(46)21-22-47)20-14-23-50-41-38-27-51-42(40(41)48)39-36(11-3)32(5)25-33(6)37(39)17-16-35(10-2)26-34(7)45(12-4)28-44(29-45)18-15-24-52(31-44)43(38)49-8/h10-12,25,27,34H,3-4,8-9,13-24,26,28-31H2,1-2,5-7H3/b35-10-,43-38+,50-41+. The van der Waals surface area contributed by atoms with Gasteiger partial charge in [0.25, 0.3) is 0 Å². The Kier molecular flexibility index (Phi) is 10.1. The summed E-state index contributed by atoms with van der Waals surface area (Å²) in [6.07, 6.45) is 25.9. The van der Waals surface area contributed by atoms with Gasteiger partial charge in [-0.25, -0.2) is 9.38 Å². The lowest BCUT2D eigenvalue weighted by molar-refractivity contribution is -0.0804. The van der Waals surface area contributed by atoms with Crippen molar-refractivity contribution in [1.29, 1.82) is 0 Å². The van der Waals surface area contributed by atoms with Crippen molar-refractivity contribution in [3.63, 3.8) is 0 Å². The summed E-state index contributed by atoms with van der Waals surface area (Å²) < 4.78 is 17.6. The summed E-state index contributed by atoms with van der Waals surface area (Å²) >= 11 is 0. The zero-order valence-corrected chi connectivity index (χ0v) is 33.0. The quantitative estimate of drug-likeness (QED) is 0.136. The number of aryl methyl sites for hydroxylation is 2. The minimum atomic E-state index is -0.344. The fourth-order valence-electron chi connectivity index (χ4n) is 11.6. The van der Waals surface area contributed by atoms with E-state index in [0.29, 0.717) is 40.3 Å². The van der Waals surface area contributed by atoms with E-state index in [1.807, 2.05) is 12.3 Å². The number of piperidine rings is 1. The number of hydrogen-bond acceptors (Lipinski definition) is 4. The van der Waals surface area contributed by atoms with Crippen LogP contribution in [-0.4, -0.2) is 43.2 Å². The SMILES string of the molecule is C=Cc1c(C)cc(C)c2c1C1=C(F)C(=N/CCCC3(CCCC)CC34CC4)/C(=C(\N=C)N3CCCC4(C3)CC(C=C)(C4)C(C)C/C(=C\C)CC2)C=N1. The largest absolute Gasteiger partial charge is 0.355 e. The van der Waals surface area contributed by atoms with Gasteiger partial charge in [-0.3, -0.25) is 9.98 Å². The molecule has 0 aromatic heterocycles. The molecular weight excluding hydrogens is 640 g/mol. The molecule has 5 heterocycles. The summed E-state index contributed by atoms with van der Waals surface area (Å²) in [6.45, 7) is 26.2. The van der Waals surface area contributed by atoms with Gasteiger partial charge < -0.3 is 4.90 Å². The second kappa shape index (κ2) is 14.1. The lowest BCUT2D eigenvalue weighted by Crippen LogP contribution is -2.56. The molecule has 4 nitrogen and oxygen atoms in total. The van der Waals surface area contributed by atoms with E-state index in [1.165, 1.54) is 62.5 Å². The molecule has 52 heavy (non-hydrogen) atoms. The molecule has 0 radical (unpaired) electrons. The molecule has 1 aromatic carbocycles. The predicted octanol–water partition coefficient (Wildman–Crippen LogP) is 12.1. The van der Waals surface area contributed by atoms with E-state index >= 15 is 4.39 Å². The molecule has 0 amide bonds. The van der Waals surface area contributed by atoms with Gasteiger partial charge in [-0.2, -0.15) is 0 Å². The summed E-state index contributed by atoms with van der Waals surface area (Å²) in [5, 5.41) is 0. The molecule has 3 saturated carbocycles. The number of aliphatic imine (C=N–C) groups is 3. The zero-order valence-electron chi connectivity index (χ0n) is 33.0. The molecule has 2 spiro atoms. The first-order valence-electron chi connectivity index (χ1n) is 20.5. The number of halogens is 1. The van der Waals surface area contributed by atoms with Crippen molar-refractivity contribution < 1.29 is 4.39 Å². The Morgan fingerprint density at radius 1 is 1.06 bits per heavy atom. The van der Waals surface area contributed by atoms with Crippen LogP contribution in [0, 0.1) is 41.4 Å². The average Bonchev–Trinajstić information content (AvgIpc) is 4.04. The van der Waals surface area contributed by atoms with E-state index in [9.17, 15) is 0 Å². The third-order valence-corrected chi connectivity index (χ3v) is 14.8. The van der Waals surface area contributed by atoms with Crippen molar-refractivity contribution >= 4 is 30.4 Å². The molecule has 2 unspecified atom stereocenters. The Bertz CT molecular complexity index is 1790. The minimum absolute atomic E-state index is 0.123. The molecule has 9 rings (SSSR count). The molecule has 0 N–H and O–H groups in total. The van der Waals surface area contributed by atoms with E-state index in [1.54, 1.807) is 0 Å². The Hall–Kier alpha value is -3.34. The van der Waals surface area contributed by atoms with Crippen LogP contribution in [0.15, 0.2) is 69.1 Å². The van der Waals surface area contributed by atoms with Gasteiger partial charge in [-0.1, -0.05) is 63.1 Å². The van der Waals surface area contributed by atoms with Gasteiger partial charge in [0, 0.05) is 31.4 Å². The smallest absolute Gasteiger partial charge is 0.175 e. The average molecular weight is 703 g/mol. The molecule has 1 saturated heterocycles. The van der Waals surface area contributed by atoms with E-state index in [0.717, 1.165) is 86.1 Å². The zero-order chi connectivity index (χ0) is 36.9. The van der Waals surface area contributed by atoms with Crippen molar-refractivity contribution in [3.8, 4) is 0 Å². The summed E-state index contributed by atoms with van der Waals surface area (Å²) in [5.74, 6) is 0.878. The first kappa shape index (κ1) is 37.0. The van der Waals surface area contributed by atoms with E-state index in [4.69, 9.17) is 9.98 Å². The number of rotatable bonds is 10. The lowest BCUT2D eigenvalue weighted by atomic mass is 9.46. The fraction of sp³-hybridized carbons (Fsp3) is 0.596. The van der Waals surface area contributed by atoms with Crippen LogP contribution in [0.2, 0.25) is 0 Å². The molecule has 5 heteroatoms. The maximum absolute atomic E-state index is 17.6. The van der Waals surface area contributed by atoms with Gasteiger partial charge in [0.05, 0.1) is 5.57 Å². The Morgan fingerprint density at radius 2 is 1.83 bits per heavy atom. The first-order chi connectivity index (χ1) is 25.0. The van der Waals surface area contributed by atoms with Crippen LogP contribution in [0.1, 0.15) is 138 Å². The highest BCUT2D eigenvalue weighted by molar-refractivity contribution is 6.28. The van der Waals surface area contributed by atoms with E-state index in [2.05, 4.69) is 82.6 Å². The van der Waals surface area contributed by atoms with Crippen molar-refractivity contribution in [3.05, 3.63) is 82.0 Å². The number of hydrogen-bond donors (Lipinski definition) is 0. The van der Waals surface area contributed by atoms with Gasteiger partial charge in [0.1, 0.15) is 17.2 Å². The van der Waals surface area contributed by atoms with Crippen LogP contribution in [-0.2, 0) is 6.42 Å². The van der Waals surface area contributed by atoms with E-state index < -0.39 is 0 Å². The summed E-state index contributed by atoms with van der Waals surface area (Å²) in [4.78, 5) is 17.2. The molecule has 5 aliphatic heterocycles. The van der Waals surface area contributed by atoms with Crippen LogP contribution < -0.4 is 0 Å². The van der Waals surface area contributed by atoms with Gasteiger partial charge in [-0.15, -0.1) is 6.58 Å². The maximum atomic E-state index is 17.6.